The lowest BCUT2D eigenvalue weighted by molar-refractivity contribution is -0.0129. The average molecular weight is 339 g/mol. The molecular weight excluding hydrogens is 314 g/mol. The molecule has 0 radical (unpaired) electrons. The number of carbonyl (C=O) groups excluding carboxylic acids is 1. The van der Waals surface area contributed by atoms with E-state index in [2.05, 4.69) is 15.4 Å². The van der Waals surface area contributed by atoms with Crippen LogP contribution < -0.4 is 5.32 Å². The zero-order valence-electron chi connectivity index (χ0n) is 13.9. The first-order valence-electron chi connectivity index (χ1n) is 8.30. The molecule has 1 amide bonds. The molecule has 2 aliphatic heterocycles. The Morgan fingerprint density at radius 1 is 1.43 bits per heavy atom. The van der Waals surface area contributed by atoms with Gasteiger partial charge < -0.3 is 14.6 Å². The van der Waals surface area contributed by atoms with E-state index in [9.17, 15) is 4.79 Å². The fraction of sp³-hybridized carbons (Fsp3) is 0.750. The number of carbonyl (C=O) groups is 1. The van der Waals surface area contributed by atoms with E-state index in [-0.39, 0.29) is 11.4 Å². The van der Waals surface area contributed by atoms with E-state index in [0.29, 0.717) is 24.3 Å². The van der Waals surface area contributed by atoms with Crippen molar-refractivity contribution in [3.8, 4) is 0 Å². The molecule has 7 heteroatoms. The summed E-state index contributed by atoms with van der Waals surface area (Å²) in [5.41, 5.74) is 1.40. The first-order chi connectivity index (χ1) is 11.2. The van der Waals surface area contributed by atoms with Gasteiger partial charge in [-0.3, -0.25) is 9.69 Å². The first kappa shape index (κ1) is 16.8. The van der Waals surface area contributed by atoms with E-state index in [0.717, 1.165) is 49.9 Å². The molecule has 3 heterocycles. The van der Waals surface area contributed by atoms with Gasteiger partial charge in [-0.2, -0.15) is 11.8 Å². The van der Waals surface area contributed by atoms with Crippen molar-refractivity contribution >= 4 is 17.7 Å². The largest absolute Gasteiger partial charge is 0.379 e. The monoisotopic (exact) mass is 339 g/mol. The van der Waals surface area contributed by atoms with Crippen LogP contribution >= 0.6 is 11.8 Å². The van der Waals surface area contributed by atoms with Crippen molar-refractivity contribution in [2.24, 2.45) is 0 Å². The van der Waals surface area contributed by atoms with Crippen molar-refractivity contribution in [1.82, 2.24) is 15.4 Å². The highest BCUT2D eigenvalue weighted by molar-refractivity contribution is 7.99. The number of nitrogens with one attached hydrogen (secondary N) is 1. The SMILES string of the molecule is CCc1noc(C)c1C(=O)NCC1(N2CCOCC2)CCSC1. The Kier molecular flexibility index (Phi) is 5.28. The second kappa shape index (κ2) is 7.23. The molecular formula is C16H25N3O3S. The van der Waals surface area contributed by atoms with Gasteiger partial charge in [0, 0.05) is 30.9 Å². The van der Waals surface area contributed by atoms with E-state index >= 15 is 0 Å². The highest BCUT2D eigenvalue weighted by atomic mass is 32.2. The number of thioether (sulfide) groups is 1. The average Bonchev–Trinajstić information content (AvgIpc) is 3.21. The summed E-state index contributed by atoms with van der Waals surface area (Å²) in [7, 11) is 0. The normalized spacial score (nSPS) is 25.7. The minimum Gasteiger partial charge on any atom is -0.379 e. The predicted octanol–water partition coefficient (Wildman–Crippen LogP) is 1.48. The summed E-state index contributed by atoms with van der Waals surface area (Å²) >= 11 is 1.97. The summed E-state index contributed by atoms with van der Waals surface area (Å²) in [6, 6.07) is 0. The maximum atomic E-state index is 12.6. The molecule has 3 rings (SSSR count). The number of aryl methyl sites for hydroxylation is 2. The van der Waals surface area contributed by atoms with E-state index in [1.54, 1.807) is 6.92 Å². The molecule has 0 bridgehead atoms. The van der Waals surface area contributed by atoms with Crippen LogP contribution in [0.2, 0.25) is 0 Å². The minimum absolute atomic E-state index is 0.0571. The second-order valence-corrected chi connectivity index (χ2v) is 7.33. The summed E-state index contributed by atoms with van der Waals surface area (Å²) < 4.78 is 10.7. The molecule has 6 nitrogen and oxygen atoms in total. The first-order valence-corrected chi connectivity index (χ1v) is 9.45. The number of morpholine rings is 1. The molecule has 1 N–H and O–H groups in total. The number of hydrogen-bond acceptors (Lipinski definition) is 6. The summed E-state index contributed by atoms with van der Waals surface area (Å²) in [5.74, 6) is 2.75. The summed E-state index contributed by atoms with van der Waals surface area (Å²) in [5, 5.41) is 7.12. The molecule has 2 aliphatic rings. The van der Waals surface area contributed by atoms with Crippen LogP contribution in [0.4, 0.5) is 0 Å². The van der Waals surface area contributed by atoms with Crippen LogP contribution in [0.25, 0.3) is 0 Å². The van der Waals surface area contributed by atoms with Crippen LogP contribution in [0, 0.1) is 6.92 Å². The van der Waals surface area contributed by atoms with Gasteiger partial charge in [-0.1, -0.05) is 12.1 Å². The molecule has 0 aromatic carbocycles. The van der Waals surface area contributed by atoms with Gasteiger partial charge >= 0.3 is 0 Å². The number of aromatic nitrogens is 1. The standard InChI is InChI=1S/C16H25N3O3S/c1-3-13-14(12(2)22-18-13)15(20)17-10-16(4-9-23-11-16)19-5-7-21-8-6-19/h3-11H2,1-2H3,(H,17,20). The highest BCUT2D eigenvalue weighted by Crippen LogP contribution is 2.33. The molecule has 0 spiro atoms. The molecule has 1 atom stereocenters. The molecule has 0 aliphatic carbocycles. The van der Waals surface area contributed by atoms with Crippen LogP contribution in [-0.2, 0) is 11.2 Å². The summed E-state index contributed by atoms with van der Waals surface area (Å²) in [6.07, 6.45) is 1.81. The Morgan fingerprint density at radius 2 is 2.22 bits per heavy atom. The summed E-state index contributed by atoms with van der Waals surface area (Å²) in [6.45, 7) is 7.91. The zero-order chi connectivity index (χ0) is 16.3. The van der Waals surface area contributed by atoms with Crippen LogP contribution in [0.15, 0.2) is 4.52 Å². The lowest BCUT2D eigenvalue weighted by Gasteiger charge is -2.43. The third-order valence-corrected chi connectivity index (χ3v) is 6.07. The highest BCUT2D eigenvalue weighted by Gasteiger charge is 2.41. The van der Waals surface area contributed by atoms with Crippen molar-refractivity contribution < 1.29 is 14.1 Å². The van der Waals surface area contributed by atoms with Crippen LogP contribution in [0.1, 0.15) is 35.2 Å². The number of rotatable bonds is 5. The van der Waals surface area contributed by atoms with Crippen molar-refractivity contribution in [3.05, 3.63) is 17.0 Å². The van der Waals surface area contributed by atoms with Crippen molar-refractivity contribution in [2.45, 2.75) is 32.2 Å². The van der Waals surface area contributed by atoms with E-state index in [4.69, 9.17) is 9.26 Å². The van der Waals surface area contributed by atoms with Crippen molar-refractivity contribution in [2.75, 3.05) is 44.4 Å². The van der Waals surface area contributed by atoms with Crippen molar-refractivity contribution in [1.29, 1.82) is 0 Å². The van der Waals surface area contributed by atoms with Gasteiger partial charge in [0.2, 0.25) is 0 Å². The number of ether oxygens (including phenoxy) is 1. The van der Waals surface area contributed by atoms with Gasteiger partial charge in [0.25, 0.3) is 5.91 Å². The van der Waals surface area contributed by atoms with Gasteiger partial charge in [-0.15, -0.1) is 0 Å². The van der Waals surface area contributed by atoms with Crippen LogP contribution in [-0.4, -0.2) is 65.9 Å². The van der Waals surface area contributed by atoms with Crippen molar-refractivity contribution in [3.63, 3.8) is 0 Å². The second-order valence-electron chi connectivity index (χ2n) is 6.22. The molecule has 0 saturated carbocycles. The lowest BCUT2D eigenvalue weighted by atomic mass is 9.95. The number of hydrogen-bond donors (Lipinski definition) is 1. The molecule has 1 unspecified atom stereocenters. The van der Waals surface area contributed by atoms with Gasteiger partial charge in [-0.25, -0.2) is 0 Å². The fourth-order valence-electron chi connectivity index (χ4n) is 3.42. The van der Waals surface area contributed by atoms with Crippen LogP contribution in [0.5, 0.6) is 0 Å². The smallest absolute Gasteiger partial charge is 0.256 e. The number of nitrogens with zero attached hydrogens (tertiary/aromatic N) is 2. The minimum atomic E-state index is -0.0647. The maximum absolute atomic E-state index is 12.6. The Hall–Kier alpha value is -1.05. The molecule has 1 aromatic heterocycles. The molecule has 2 saturated heterocycles. The zero-order valence-corrected chi connectivity index (χ0v) is 14.7. The third-order valence-electron chi connectivity index (χ3n) is 4.84. The fourth-order valence-corrected chi connectivity index (χ4v) is 4.90. The van der Waals surface area contributed by atoms with Gasteiger partial charge in [0.05, 0.1) is 18.9 Å². The Labute approximate surface area is 141 Å². The molecule has 128 valence electrons. The Balaban J connectivity index is 1.69. The molecule has 23 heavy (non-hydrogen) atoms. The third kappa shape index (κ3) is 3.41. The predicted molar refractivity (Wildman–Crippen MR) is 90.0 cm³/mol. The molecule has 1 aromatic rings. The van der Waals surface area contributed by atoms with Gasteiger partial charge in [0.15, 0.2) is 0 Å². The lowest BCUT2D eigenvalue weighted by Crippen LogP contribution is -2.59. The maximum Gasteiger partial charge on any atom is 0.256 e. The Bertz CT molecular complexity index is 549. The van der Waals surface area contributed by atoms with Gasteiger partial charge in [-0.05, 0) is 25.5 Å². The number of amides is 1. The summed E-state index contributed by atoms with van der Waals surface area (Å²) in [4.78, 5) is 15.1. The van der Waals surface area contributed by atoms with E-state index < -0.39 is 0 Å². The molecule has 2 fully saturated rings. The van der Waals surface area contributed by atoms with E-state index in [1.807, 2.05) is 18.7 Å². The van der Waals surface area contributed by atoms with E-state index in [1.165, 1.54) is 0 Å². The van der Waals surface area contributed by atoms with Gasteiger partial charge in [0.1, 0.15) is 11.3 Å². The quantitative estimate of drug-likeness (QED) is 0.876. The Morgan fingerprint density at radius 3 is 2.87 bits per heavy atom. The van der Waals surface area contributed by atoms with Crippen LogP contribution in [0.3, 0.4) is 0 Å². The topological polar surface area (TPSA) is 67.6 Å².